The van der Waals surface area contributed by atoms with Crippen LogP contribution in [0.5, 0.6) is 0 Å². The molecule has 0 unspecified atom stereocenters. The number of primary amides is 2. The van der Waals surface area contributed by atoms with Crippen LogP contribution < -0.4 is 75.1 Å². The number of fused-ring (bicyclic) bond motifs is 1. The number of rotatable bonds is 27. The van der Waals surface area contributed by atoms with Crippen molar-refractivity contribution in [3.63, 3.8) is 0 Å². The number of benzene rings is 2. The van der Waals surface area contributed by atoms with E-state index in [0.717, 1.165) is 16.5 Å². The molecular weight excluding hydrogens is 1460 g/mol. The standard InChI is InChI=1S/C72H108N16O14S.C2HF3O2/c1-10-42(6)60(61(74)91)86-68(98)55(37-47-38-76-49-23-15-14-22-48(47)49)84-70(100)57-25-18-31-87(57)72(102)58-26-19-32-88(58)71(101)44(8)78-65(95)54(36-46-20-12-11-13-21-46)83-63(93)50-24-16-17-29-75-30-33-103-39-56(85-62(92)43(7)77-45(9)89)69(99)82-53(35-41(4)5)67(97)81-52(34-40(2)3)66(96)80-51(64(94)79-50)27-28-59(73)90;3-2(4,5)1(6)7/h11-15,20-23,38,40-44,50-58,60,75-76H,10,16-19,24-37,39H2,1-9H3,(H2,73,90)(H2,74,91)(H,77,89)(H,78,95)(H,79,94)(H,80,96)(H,81,97)(H,82,99)(H,83,93)(H,84,100)(H,85,92)(H,86,98);(H,6,7)/t42-,43-,44-,50-,51-,52-,53-,54-,55-,56-,57-,58-,60-;/m0./s1. The molecule has 2 aromatic carbocycles. The largest absolute Gasteiger partial charge is 0.542 e. The van der Waals surface area contributed by atoms with Gasteiger partial charge in [-0.25, -0.2) is 0 Å². The van der Waals surface area contributed by atoms with E-state index in [1.54, 1.807) is 57.3 Å². The average molecular weight is 1570 g/mol. The second-order valence-corrected chi connectivity index (χ2v) is 30.1. The van der Waals surface area contributed by atoms with Crippen LogP contribution in [0.15, 0.2) is 60.8 Å². The third-order valence-electron chi connectivity index (χ3n) is 19.1. The number of aromatic nitrogens is 1. The van der Waals surface area contributed by atoms with E-state index in [-0.39, 0.29) is 94.4 Å². The number of hydrogen-bond donors (Lipinski definition) is 14. The number of alkyl halides is 3. The minimum Gasteiger partial charge on any atom is -0.542 e. The van der Waals surface area contributed by atoms with Gasteiger partial charge in [-0.15, -0.1) is 0 Å². The summed E-state index contributed by atoms with van der Waals surface area (Å²) in [6.45, 7) is 16.5. The molecule has 13 atom stereocenters. The highest BCUT2D eigenvalue weighted by Crippen LogP contribution is 2.27. The number of thioether (sulfide) groups is 1. The Morgan fingerprint density at radius 3 is 1.80 bits per heavy atom. The number of carbonyl (C=O) groups excluding carboxylic acids is 15. The van der Waals surface area contributed by atoms with Crippen molar-refractivity contribution in [1.82, 2.24) is 68.0 Å². The highest BCUT2D eigenvalue weighted by atomic mass is 32.2. The van der Waals surface area contributed by atoms with Gasteiger partial charge in [0, 0.05) is 67.9 Å². The number of H-pyrrole nitrogens is 1. The van der Waals surface area contributed by atoms with Crippen molar-refractivity contribution in [2.75, 3.05) is 37.7 Å². The van der Waals surface area contributed by atoms with Crippen LogP contribution in [0.25, 0.3) is 10.9 Å². The van der Waals surface area contributed by atoms with Crippen LogP contribution in [0.2, 0.25) is 0 Å². The van der Waals surface area contributed by atoms with Gasteiger partial charge in [0.1, 0.15) is 78.5 Å². The fraction of sp³-hybridized carbons (Fsp3) is 0.608. The third kappa shape index (κ3) is 28.9. The van der Waals surface area contributed by atoms with E-state index in [1.165, 1.54) is 42.3 Å². The van der Waals surface area contributed by atoms with Crippen molar-refractivity contribution in [3.8, 4) is 0 Å². The summed E-state index contributed by atoms with van der Waals surface area (Å²) in [6, 6.07) is 1.81. The van der Waals surface area contributed by atoms with E-state index in [4.69, 9.17) is 21.4 Å². The molecule has 608 valence electrons. The summed E-state index contributed by atoms with van der Waals surface area (Å²) >= 11 is 1.37. The summed E-state index contributed by atoms with van der Waals surface area (Å²) in [5.41, 5.74) is 13.5. The number of quaternary nitrogens is 1. The summed E-state index contributed by atoms with van der Waals surface area (Å²) < 4.78 is 31.5. The van der Waals surface area contributed by atoms with Gasteiger partial charge in [0.15, 0.2) is 0 Å². The first kappa shape index (κ1) is 90.7. The highest BCUT2D eigenvalue weighted by molar-refractivity contribution is 7.99. The molecule has 0 aliphatic carbocycles. The molecule has 3 aliphatic heterocycles. The Bertz CT molecular complexity index is 3700. The minimum atomic E-state index is -5.19. The van der Waals surface area contributed by atoms with E-state index in [2.05, 4.69) is 58.2 Å². The smallest absolute Gasteiger partial charge is 0.430 e. The number of likely N-dealkylation sites (tertiary alicyclic amines) is 2. The Hall–Kier alpha value is -9.87. The normalized spacial score (nSPS) is 21.7. The van der Waals surface area contributed by atoms with Gasteiger partial charge in [0.2, 0.25) is 82.7 Å². The maximum atomic E-state index is 14.9. The van der Waals surface area contributed by atoms with Crippen molar-refractivity contribution in [3.05, 3.63) is 71.9 Å². The van der Waals surface area contributed by atoms with Gasteiger partial charge >= 0.3 is 6.18 Å². The molecule has 0 bridgehead atoms. The summed E-state index contributed by atoms with van der Waals surface area (Å²) in [5.74, 6) is -12.7. The molecular formula is C74H109F3N16O16S. The van der Waals surface area contributed by atoms with Gasteiger partial charge in [-0.2, -0.15) is 24.9 Å². The molecule has 3 aliphatic rings. The predicted molar refractivity (Wildman–Crippen MR) is 398 cm³/mol. The van der Waals surface area contributed by atoms with Crippen LogP contribution in [0, 0.1) is 17.8 Å². The molecule has 110 heavy (non-hydrogen) atoms. The van der Waals surface area contributed by atoms with E-state index >= 15 is 0 Å². The van der Waals surface area contributed by atoms with Crippen molar-refractivity contribution >= 4 is 111 Å². The van der Waals surface area contributed by atoms with Crippen LogP contribution in [0.3, 0.4) is 0 Å². The number of carboxylic acid groups (broad SMARTS) is 1. The summed E-state index contributed by atoms with van der Waals surface area (Å²) in [4.78, 5) is 210. The lowest BCUT2D eigenvalue weighted by Gasteiger charge is -2.33. The molecule has 3 fully saturated rings. The highest BCUT2D eigenvalue weighted by Gasteiger charge is 2.45. The quantitative estimate of drug-likeness (QED) is 0.0413. The number of aromatic amines is 1. The first-order valence-electron chi connectivity index (χ1n) is 37.4. The Labute approximate surface area is 641 Å². The second-order valence-electron chi connectivity index (χ2n) is 29.0. The fourth-order valence-electron chi connectivity index (χ4n) is 13.0. The molecule has 4 heterocycles. The minimum absolute atomic E-state index is 0.0164. The first-order chi connectivity index (χ1) is 51.9. The zero-order valence-corrected chi connectivity index (χ0v) is 64.6. The van der Waals surface area contributed by atoms with Gasteiger partial charge < -0.3 is 94.6 Å². The van der Waals surface area contributed by atoms with Crippen LogP contribution >= 0.6 is 11.8 Å². The maximum absolute atomic E-state index is 14.9. The molecule has 17 N–H and O–H groups in total. The molecule has 6 rings (SSSR count). The Kier molecular flexibility index (Phi) is 36.4. The second kappa shape index (κ2) is 44.1. The number of carbonyl (C=O) groups is 15. The summed E-state index contributed by atoms with van der Waals surface area (Å²) in [7, 11) is 0. The zero-order chi connectivity index (χ0) is 81.7. The molecule has 3 aromatic rings. The average Bonchev–Trinajstić information content (AvgIpc) is 1.65. The Balaban J connectivity index is 0.00000294. The van der Waals surface area contributed by atoms with Crippen molar-refractivity contribution in [2.24, 2.45) is 29.2 Å². The van der Waals surface area contributed by atoms with Gasteiger partial charge in [-0.1, -0.05) is 96.5 Å². The van der Waals surface area contributed by atoms with Crippen molar-refractivity contribution in [2.45, 2.75) is 231 Å². The summed E-state index contributed by atoms with van der Waals surface area (Å²) in [6.07, 6.45) is -1.28. The molecule has 0 saturated carbocycles. The topological polar surface area (TPSA) is 490 Å². The monoisotopic (exact) mass is 1570 g/mol. The van der Waals surface area contributed by atoms with Gasteiger partial charge in [0.25, 0.3) is 0 Å². The fourth-order valence-corrected chi connectivity index (χ4v) is 14.0. The summed E-state index contributed by atoms with van der Waals surface area (Å²) in [5, 5.41) is 39.1. The zero-order valence-electron chi connectivity index (χ0n) is 63.8. The van der Waals surface area contributed by atoms with Crippen LogP contribution in [-0.2, 0) is 84.8 Å². The van der Waals surface area contributed by atoms with Crippen LogP contribution in [0.4, 0.5) is 13.2 Å². The van der Waals surface area contributed by atoms with Crippen molar-refractivity contribution in [1.29, 1.82) is 0 Å². The van der Waals surface area contributed by atoms with E-state index in [0.29, 0.717) is 56.5 Å². The van der Waals surface area contributed by atoms with E-state index in [1.807, 2.05) is 50.4 Å². The number of amides is 14. The Morgan fingerprint density at radius 2 is 1.20 bits per heavy atom. The van der Waals surface area contributed by atoms with E-state index in [9.17, 15) is 80.3 Å². The number of nitrogens with one attached hydrogen (secondary N) is 11. The molecule has 0 spiro atoms. The molecule has 14 amide bonds. The first-order valence-corrected chi connectivity index (χ1v) is 38.5. The number of aliphatic carboxylic acids is 1. The van der Waals surface area contributed by atoms with Crippen molar-refractivity contribution < 1.29 is 95.5 Å². The Morgan fingerprint density at radius 1 is 0.636 bits per heavy atom. The number of carboxylic acids is 1. The molecule has 0 radical (unpaired) electrons. The van der Waals surface area contributed by atoms with Crippen LogP contribution in [0.1, 0.15) is 150 Å². The predicted octanol–water partition coefficient (Wildman–Crippen LogP) is -1.49. The number of hydrogen-bond acceptors (Lipinski definition) is 17. The lowest BCUT2D eigenvalue weighted by molar-refractivity contribution is -0.651. The van der Waals surface area contributed by atoms with Gasteiger partial charge in [-0.3, -0.25) is 67.1 Å². The molecule has 32 nitrogen and oxygen atoms in total. The van der Waals surface area contributed by atoms with Gasteiger partial charge in [-0.05, 0) is 113 Å². The molecule has 1 aromatic heterocycles. The third-order valence-corrected chi connectivity index (χ3v) is 20.2. The number of nitrogens with two attached hydrogens (primary N) is 3. The lowest BCUT2D eigenvalue weighted by atomic mass is 9.97. The number of halogens is 3. The lowest BCUT2D eigenvalue weighted by Crippen LogP contribution is -2.85. The van der Waals surface area contributed by atoms with Gasteiger partial charge in [0.05, 0.1) is 13.1 Å². The SMILES string of the molecule is CC[C@H](C)[C@H](NC(=O)[C@H](Cc1c[nH]c2ccccc12)NC(=O)[C@@H]1CCCN1C(=O)[C@@H]1CCCN1C(=O)[C@H](C)NC(=O)[C@H](Cc1ccccc1)NC(=O)[C@@H]1CCCC[NH2+]CCSC[C@H](NC(=O)[C@H](C)NC(C)=O)C(=O)N[C@@H](CC(C)C)C(=O)N[C@@H](CC(C)C)C(=O)N[C@@H](CCC(N)=O)C(=O)N1)C(N)=O.O=C([O-])C(F)(F)F. The van der Waals surface area contributed by atoms with E-state index < -0.39 is 167 Å². The molecule has 3 saturated heterocycles. The number of nitrogens with zero attached hydrogens (tertiary/aromatic N) is 2. The number of para-hydroxylation sites is 1. The molecule has 36 heteroatoms. The maximum Gasteiger partial charge on any atom is 0.430 e. The van der Waals surface area contributed by atoms with Crippen LogP contribution in [-0.4, -0.2) is 220 Å².